The summed E-state index contributed by atoms with van der Waals surface area (Å²) in [6.45, 7) is 2.18. The van der Waals surface area contributed by atoms with Gasteiger partial charge in [0.25, 0.3) is 0 Å². The van der Waals surface area contributed by atoms with E-state index in [1.165, 1.54) is 6.08 Å². The van der Waals surface area contributed by atoms with Gasteiger partial charge in [0.15, 0.2) is 5.11 Å². The van der Waals surface area contributed by atoms with Crippen LogP contribution in [-0.2, 0) is 9.53 Å². The molecule has 4 nitrogen and oxygen atoms in total. The van der Waals surface area contributed by atoms with E-state index in [0.717, 1.165) is 16.3 Å². The minimum Gasteiger partial charge on any atom is -0.463 e. The zero-order valence-electron chi connectivity index (χ0n) is 13.9. The Morgan fingerprint density at radius 3 is 2.36 bits per heavy atom. The van der Waals surface area contributed by atoms with Gasteiger partial charge < -0.3 is 15.4 Å². The van der Waals surface area contributed by atoms with E-state index in [1.807, 2.05) is 54.6 Å². The molecule has 0 saturated heterocycles. The summed E-state index contributed by atoms with van der Waals surface area (Å²) < 4.78 is 4.83. The number of esters is 1. The van der Waals surface area contributed by atoms with Crippen LogP contribution in [0.2, 0.25) is 0 Å². The normalized spacial score (nSPS) is 10.4. The van der Waals surface area contributed by atoms with Crippen molar-refractivity contribution in [1.82, 2.24) is 0 Å². The van der Waals surface area contributed by atoms with Crippen LogP contribution in [0.15, 0.2) is 71.6 Å². The van der Waals surface area contributed by atoms with Crippen LogP contribution < -0.4 is 10.6 Å². The van der Waals surface area contributed by atoms with Gasteiger partial charge in [-0.2, -0.15) is 0 Å². The fourth-order valence-corrected chi connectivity index (χ4v) is 2.88. The van der Waals surface area contributed by atoms with Crippen molar-refractivity contribution in [2.24, 2.45) is 0 Å². The van der Waals surface area contributed by atoms with Gasteiger partial charge in [0.2, 0.25) is 0 Å². The van der Waals surface area contributed by atoms with Crippen molar-refractivity contribution in [2.75, 3.05) is 23.0 Å². The van der Waals surface area contributed by atoms with Gasteiger partial charge >= 0.3 is 5.97 Å². The van der Waals surface area contributed by atoms with E-state index in [2.05, 4.69) is 10.6 Å². The van der Waals surface area contributed by atoms with E-state index >= 15 is 0 Å². The molecule has 2 rings (SSSR count). The maximum absolute atomic E-state index is 11.2. The van der Waals surface area contributed by atoms with E-state index in [9.17, 15) is 4.79 Å². The molecule has 0 amide bonds. The number of thioether (sulfide) groups is 1. The average Bonchev–Trinajstić information content (AvgIpc) is 2.61. The van der Waals surface area contributed by atoms with Crippen molar-refractivity contribution in [3.8, 4) is 0 Å². The molecule has 0 aliphatic carbocycles. The molecule has 0 spiro atoms. The van der Waals surface area contributed by atoms with Gasteiger partial charge in [-0.05, 0) is 55.5 Å². The van der Waals surface area contributed by atoms with Gasteiger partial charge in [-0.3, -0.25) is 0 Å². The Morgan fingerprint density at radius 2 is 1.72 bits per heavy atom. The molecule has 0 radical (unpaired) electrons. The summed E-state index contributed by atoms with van der Waals surface area (Å²) in [5, 5.41) is 6.83. The number of carbonyl (C=O) groups excluding carboxylic acids is 1. The van der Waals surface area contributed by atoms with Crippen molar-refractivity contribution in [2.45, 2.75) is 11.8 Å². The second-order valence-electron chi connectivity index (χ2n) is 4.93. The Labute approximate surface area is 157 Å². The van der Waals surface area contributed by atoms with Crippen molar-refractivity contribution in [3.05, 3.63) is 66.7 Å². The second-order valence-corrected chi connectivity index (χ2v) is 6.44. The zero-order valence-corrected chi connectivity index (χ0v) is 15.5. The zero-order chi connectivity index (χ0) is 17.9. The third kappa shape index (κ3) is 7.41. The summed E-state index contributed by atoms with van der Waals surface area (Å²) in [5.74, 6) is 0.404. The van der Waals surface area contributed by atoms with Crippen LogP contribution in [0.5, 0.6) is 0 Å². The predicted octanol–water partition coefficient (Wildman–Crippen LogP) is 4.71. The third-order valence-electron chi connectivity index (χ3n) is 3.03. The summed E-state index contributed by atoms with van der Waals surface area (Å²) in [4.78, 5) is 12.3. The topological polar surface area (TPSA) is 50.4 Å². The minimum absolute atomic E-state index is 0.304. The van der Waals surface area contributed by atoms with E-state index in [0.29, 0.717) is 17.5 Å². The molecule has 0 fully saturated rings. The molecule has 0 aliphatic heterocycles. The molecule has 0 aromatic heterocycles. The second kappa shape index (κ2) is 10.5. The molecule has 0 unspecified atom stereocenters. The molecule has 0 aliphatic rings. The summed E-state index contributed by atoms with van der Waals surface area (Å²) in [7, 11) is 0. The summed E-state index contributed by atoms with van der Waals surface area (Å²) in [6, 6.07) is 17.7. The van der Waals surface area contributed by atoms with Crippen LogP contribution in [0.1, 0.15) is 6.92 Å². The van der Waals surface area contributed by atoms with E-state index in [-0.39, 0.29) is 5.97 Å². The molecule has 2 N–H and O–H groups in total. The van der Waals surface area contributed by atoms with Crippen LogP contribution >= 0.6 is 24.0 Å². The van der Waals surface area contributed by atoms with Crippen molar-refractivity contribution in [3.63, 3.8) is 0 Å². The smallest absolute Gasteiger partial charge is 0.330 e. The molecule has 2 aromatic rings. The number of benzene rings is 2. The highest BCUT2D eigenvalue weighted by molar-refractivity contribution is 7.99. The lowest BCUT2D eigenvalue weighted by Gasteiger charge is -2.10. The number of hydrogen-bond acceptors (Lipinski definition) is 4. The van der Waals surface area contributed by atoms with Gasteiger partial charge in [-0.15, -0.1) is 11.8 Å². The van der Waals surface area contributed by atoms with Gasteiger partial charge in [0, 0.05) is 28.1 Å². The highest BCUT2D eigenvalue weighted by atomic mass is 32.2. The van der Waals surface area contributed by atoms with Gasteiger partial charge in [-0.1, -0.05) is 24.3 Å². The molecule has 25 heavy (non-hydrogen) atoms. The van der Waals surface area contributed by atoms with Gasteiger partial charge in [0.05, 0.1) is 6.61 Å². The van der Waals surface area contributed by atoms with Gasteiger partial charge in [-0.25, -0.2) is 4.79 Å². The van der Waals surface area contributed by atoms with Crippen LogP contribution in [-0.4, -0.2) is 23.4 Å². The first-order chi connectivity index (χ1) is 12.2. The summed E-state index contributed by atoms with van der Waals surface area (Å²) >= 11 is 6.94. The van der Waals surface area contributed by atoms with E-state index in [4.69, 9.17) is 17.0 Å². The van der Waals surface area contributed by atoms with Crippen LogP contribution in [0.4, 0.5) is 11.4 Å². The Balaban J connectivity index is 1.77. The summed E-state index contributed by atoms with van der Waals surface area (Å²) in [6.07, 6.45) is 3.26. The number of hydrogen-bond donors (Lipinski definition) is 2. The maximum Gasteiger partial charge on any atom is 0.330 e. The Hall–Kier alpha value is -2.31. The first kappa shape index (κ1) is 19.0. The van der Waals surface area contributed by atoms with Crippen molar-refractivity contribution in [1.29, 1.82) is 0 Å². The van der Waals surface area contributed by atoms with Crippen molar-refractivity contribution >= 4 is 46.4 Å². The molecular weight excluding hydrogens is 352 g/mol. The molecule has 0 heterocycles. The monoisotopic (exact) mass is 372 g/mol. The molecule has 2 aromatic carbocycles. The maximum atomic E-state index is 11.2. The molecule has 0 bridgehead atoms. The molecule has 6 heteroatoms. The number of nitrogens with one attached hydrogen (secondary N) is 2. The lowest BCUT2D eigenvalue weighted by molar-refractivity contribution is -0.137. The largest absolute Gasteiger partial charge is 0.463 e. The van der Waals surface area contributed by atoms with Crippen LogP contribution in [0, 0.1) is 0 Å². The number of para-hydroxylation sites is 1. The lowest BCUT2D eigenvalue weighted by atomic mass is 10.3. The third-order valence-corrected chi connectivity index (χ3v) is 4.20. The SMILES string of the molecule is CCOC(=O)/C=C/CSc1ccc(NC(=S)Nc2ccccc2)cc1. The van der Waals surface area contributed by atoms with Gasteiger partial charge in [0.1, 0.15) is 0 Å². The highest BCUT2D eigenvalue weighted by Gasteiger charge is 1.99. The van der Waals surface area contributed by atoms with Crippen LogP contribution in [0.25, 0.3) is 0 Å². The number of thiocarbonyl (C=S) groups is 1. The first-order valence-corrected chi connectivity index (χ1v) is 9.26. The Bertz CT molecular complexity index is 716. The predicted molar refractivity (Wildman–Crippen MR) is 109 cm³/mol. The summed E-state index contributed by atoms with van der Waals surface area (Å²) in [5.41, 5.74) is 1.86. The number of ether oxygens (including phenoxy) is 1. The molecule has 0 saturated carbocycles. The van der Waals surface area contributed by atoms with Crippen molar-refractivity contribution < 1.29 is 9.53 Å². The van der Waals surface area contributed by atoms with E-state index in [1.54, 1.807) is 24.8 Å². The molecule has 130 valence electrons. The molecule has 0 atom stereocenters. The number of carbonyl (C=O) groups is 1. The van der Waals surface area contributed by atoms with Crippen LogP contribution in [0.3, 0.4) is 0 Å². The quantitative estimate of drug-likeness (QED) is 0.318. The lowest BCUT2D eigenvalue weighted by Crippen LogP contribution is -2.18. The minimum atomic E-state index is -0.304. The first-order valence-electron chi connectivity index (χ1n) is 7.86. The fourth-order valence-electron chi connectivity index (χ4n) is 1.93. The Kier molecular flexibility index (Phi) is 8.01. The standard InChI is InChI=1S/C19H20N2O2S2/c1-2-23-18(22)9-6-14-25-17-12-10-16(11-13-17)21-19(24)20-15-7-4-3-5-8-15/h3-13H,2,14H2,1H3,(H2,20,21,24)/b9-6+. The fraction of sp³-hybridized carbons (Fsp3) is 0.158. The Morgan fingerprint density at radius 1 is 1.08 bits per heavy atom. The molecular formula is C19H20N2O2S2. The average molecular weight is 373 g/mol. The number of rotatable bonds is 7. The highest BCUT2D eigenvalue weighted by Crippen LogP contribution is 2.20. The number of anilines is 2. The van der Waals surface area contributed by atoms with E-state index < -0.39 is 0 Å².